The highest BCUT2D eigenvalue weighted by Gasteiger charge is 2.36. The molecular weight excluding hydrogens is 254 g/mol. The van der Waals surface area contributed by atoms with Gasteiger partial charge in [0.1, 0.15) is 0 Å². The lowest BCUT2D eigenvalue weighted by Gasteiger charge is -2.46. The largest absolute Gasteiger partial charge is 0.296 e. The average molecular weight is 279 g/mol. The highest BCUT2D eigenvalue weighted by molar-refractivity contribution is 5.73. The molecule has 1 fully saturated rings. The number of hydrogen-bond donors (Lipinski definition) is 0. The first-order valence-electron chi connectivity index (χ1n) is 8.55. The molecule has 2 aliphatic carbocycles. The van der Waals surface area contributed by atoms with Gasteiger partial charge in [-0.1, -0.05) is 55.8 Å². The van der Waals surface area contributed by atoms with E-state index in [9.17, 15) is 0 Å². The number of nitrogens with zero attached hydrogens (tertiary/aromatic N) is 1. The molecule has 21 heavy (non-hydrogen) atoms. The van der Waals surface area contributed by atoms with E-state index < -0.39 is 0 Å². The Balaban J connectivity index is 1.43. The lowest BCUT2D eigenvalue weighted by Crippen LogP contribution is -2.50. The number of allylic oxidation sites excluding steroid dienone is 1. The van der Waals surface area contributed by atoms with Crippen molar-refractivity contribution in [1.29, 1.82) is 0 Å². The van der Waals surface area contributed by atoms with Crippen molar-refractivity contribution < 1.29 is 0 Å². The van der Waals surface area contributed by atoms with Crippen LogP contribution in [0.2, 0.25) is 0 Å². The first-order chi connectivity index (χ1) is 10.3. The van der Waals surface area contributed by atoms with Crippen LogP contribution < -0.4 is 0 Å². The van der Waals surface area contributed by atoms with E-state index in [1.54, 1.807) is 5.57 Å². The lowest BCUT2D eigenvalue weighted by molar-refractivity contribution is 0.0837. The molecule has 0 saturated carbocycles. The number of fused-ring (bicyclic) bond motifs is 3. The second kappa shape index (κ2) is 5.46. The summed E-state index contributed by atoms with van der Waals surface area (Å²) in [7, 11) is 0. The molecule has 5 rings (SSSR count). The Morgan fingerprint density at radius 2 is 2.10 bits per heavy atom. The van der Waals surface area contributed by atoms with Crippen molar-refractivity contribution in [3.05, 3.63) is 53.6 Å². The van der Waals surface area contributed by atoms with E-state index in [0.29, 0.717) is 6.04 Å². The van der Waals surface area contributed by atoms with Crippen LogP contribution in [0.25, 0.3) is 5.57 Å². The highest BCUT2D eigenvalue weighted by atomic mass is 15.2. The zero-order chi connectivity index (χ0) is 14.2. The van der Waals surface area contributed by atoms with Gasteiger partial charge in [0.15, 0.2) is 0 Å². The van der Waals surface area contributed by atoms with Gasteiger partial charge in [0.25, 0.3) is 0 Å². The Morgan fingerprint density at radius 3 is 2.95 bits per heavy atom. The Kier molecular flexibility index (Phi) is 3.46. The summed E-state index contributed by atoms with van der Waals surface area (Å²) in [4.78, 5) is 2.74. The van der Waals surface area contributed by atoms with Crippen LogP contribution in [0.1, 0.15) is 37.3 Å². The zero-order valence-corrected chi connectivity index (χ0v) is 13.0. The van der Waals surface area contributed by atoms with Gasteiger partial charge in [-0.3, -0.25) is 4.90 Å². The molecule has 0 aromatic heterocycles. The van der Waals surface area contributed by atoms with Crippen molar-refractivity contribution in [2.24, 2.45) is 11.8 Å². The van der Waals surface area contributed by atoms with Gasteiger partial charge in [-0.2, -0.15) is 0 Å². The molecule has 1 aromatic carbocycles. The van der Waals surface area contributed by atoms with Gasteiger partial charge in [0.2, 0.25) is 0 Å². The maximum atomic E-state index is 2.74. The molecule has 1 aromatic rings. The van der Waals surface area contributed by atoms with Crippen LogP contribution in [0.15, 0.2) is 42.5 Å². The second-order valence-corrected chi connectivity index (χ2v) is 6.88. The van der Waals surface area contributed by atoms with Gasteiger partial charge in [-0.05, 0) is 47.8 Å². The van der Waals surface area contributed by atoms with Gasteiger partial charge in [0.05, 0.1) is 0 Å². The summed E-state index contributed by atoms with van der Waals surface area (Å²) in [6.45, 7) is 4.86. The number of hydrogen-bond acceptors (Lipinski definition) is 1. The highest BCUT2D eigenvalue weighted by Crippen LogP contribution is 2.37. The molecule has 2 heterocycles. The maximum absolute atomic E-state index is 2.74. The molecule has 110 valence electrons. The molecule has 0 radical (unpaired) electrons. The summed E-state index contributed by atoms with van der Waals surface area (Å²) in [6.07, 6.45) is 12.5. The molecule has 0 amide bonds. The van der Waals surface area contributed by atoms with Gasteiger partial charge < -0.3 is 0 Å². The average Bonchev–Trinajstić information content (AvgIpc) is 2.96. The van der Waals surface area contributed by atoms with Crippen molar-refractivity contribution in [3.63, 3.8) is 0 Å². The summed E-state index contributed by atoms with van der Waals surface area (Å²) < 4.78 is 0. The van der Waals surface area contributed by atoms with E-state index in [1.165, 1.54) is 43.5 Å². The fraction of sp³-hybridized carbons (Fsp3) is 0.500. The molecule has 1 heteroatoms. The first-order valence-corrected chi connectivity index (χ1v) is 8.55. The number of benzene rings is 1. The molecule has 0 spiro atoms. The SMILES string of the molecule is CCC1CC2C=CC1N(CCC1=CCc3ccccc31)C2. The summed E-state index contributed by atoms with van der Waals surface area (Å²) in [5.41, 5.74) is 4.59. The van der Waals surface area contributed by atoms with Crippen LogP contribution in [0, 0.1) is 11.8 Å². The molecule has 0 N–H and O–H groups in total. The molecule has 3 unspecified atom stereocenters. The van der Waals surface area contributed by atoms with E-state index in [-0.39, 0.29) is 0 Å². The quantitative estimate of drug-likeness (QED) is 0.743. The van der Waals surface area contributed by atoms with Crippen molar-refractivity contribution in [2.75, 3.05) is 13.1 Å². The molecule has 1 saturated heterocycles. The van der Waals surface area contributed by atoms with Gasteiger partial charge >= 0.3 is 0 Å². The maximum Gasteiger partial charge on any atom is 0.0307 e. The van der Waals surface area contributed by atoms with Crippen molar-refractivity contribution in [3.8, 4) is 0 Å². The predicted molar refractivity (Wildman–Crippen MR) is 89.1 cm³/mol. The zero-order valence-electron chi connectivity index (χ0n) is 13.0. The van der Waals surface area contributed by atoms with Crippen molar-refractivity contribution >= 4 is 5.57 Å². The smallest absolute Gasteiger partial charge is 0.0307 e. The third-order valence-electron chi connectivity index (χ3n) is 5.68. The van der Waals surface area contributed by atoms with Crippen molar-refractivity contribution in [2.45, 2.75) is 38.6 Å². The third kappa shape index (κ3) is 2.38. The van der Waals surface area contributed by atoms with E-state index in [1.807, 2.05) is 0 Å². The normalized spacial score (nSPS) is 30.5. The first kappa shape index (κ1) is 13.3. The standard InChI is InChI=1S/C20H25N/c1-2-16-13-15-7-10-20(16)21(14-15)12-11-18-9-8-17-5-3-4-6-19(17)18/h3-7,9-10,15-16,20H,2,8,11-14H2,1H3. The van der Waals surface area contributed by atoms with E-state index >= 15 is 0 Å². The van der Waals surface area contributed by atoms with Crippen LogP contribution in [0.4, 0.5) is 0 Å². The van der Waals surface area contributed by atoms with Gasteiger partial charge in [-0.15, -0.1) is 0 Å². The Labute approximate surface area is 128 Å². The van der Waals surface area contributed by atoms with E-state index in [4.69, 9.17) is 0 Å². The molecule has 1 nitrogen and oxygen atoms in total. The molecular formula is C20H25N. The summed E-state index contributed by atoms with van der Waals surface area (Å²) in [5, 5.41) is 0. The molecule has 2 aliphatic heterocycles. The van der Waals surface area contributed by atoms with Crippen LogP contribution >= 0.6 is 0 Å². The van der Waals surface area contributed by atoms with E-state index in [0.717, 1.165) is 18.3 Å². The second-order valence-electron chi connectivity index (χ2n) is 6.88. The van der Waals surface area contributed by atoms with Gasteiger partial charge in [0, 0.05) is 19.1 Å². The fourth-order valence-corrected chi connectivity index (χ4v) is 4.52. The van der Waals surface area contributed by atoms with Crippen molar-refractivity contribution in [1.82, 2.24) is 4.90 Å². The predicted octanol–water partition coefficient (Wildman–Crippen LogP) is 4.30. The minimum atomic E-state index is 0.706. The van der Waals surface area contributed by atoms with Crippen LogP contribution in [0.3, 0.4) is 0 Å². The summed E-state index contributed by atoms with van der Waals surface area (Å²) in [5.74, 6) is 1.70. The van der Waals surface area contributed by atoms with Crippen LogP contribution in [-0.2, 0) is 6.42 Å². The van der Waals surface area contributed by atoms with Crippen LogP contribution in [-0.4, -0.2) is 24.0 Å². The molecule has 3 atom stereocenters. The fourth-order valence-electron chi connectivity index (χ4n) is 4.52. The molecule has 2 bridgehead atoms. The minimum absolute atomic E-state index is 0.706. The topological polar surface area (TPSA) is 3.24 Å². The Hall–Kier alpha value is -1.34. The molecule has 4 aliphatic rings. The Morgan fingerprint density at radius 1 is 1.19 bits per heavy atom. The van der Waals surface area contributed by atoms with Crippen LogP contribution in [0.5, 0.6) is 0 Å². The minimum Gasteiger partial charge on any atom is -0.296 e. The summed E-state index contributed by atoms with van der Waals surface area (Å²) >= 11 is 0. The Bertz CT molecular complexity index is 583. The lowest BCUT2D eigenvalue weighted by atomic mass is 9.76. The third-order valence-corrected chi connectivity index (χ3v) is 5.68. The summed E-state index contributed by atoms with van der Waals surface area (Å²) in [6, 6.07) is 9.62. The number of rotatable bonds is 4. The number of piperidine rings is 1. The van der Waals surface area contributed by atoms with Gasteiger partial charge in [-0.25, -0.2) is 0 Å². The van der Waals surface area contributed by atoms with E-state index in [2.05, 4.69) is 54.3 Å². The monoisotopic (exact) mass is 279 g/mol.